The molecule has 138 valence electrons. The molecule has 0 N–H and O–H groups in total. The Balaban J connectivity index is 2.05. The molecule has 4 rings (SSSR count). The van der Waals surface area contributed by atoms with Gasteiger partial charge in [-0.15, -0.1) is 0 Å². The summed E-state index contributed by atoms with van der Waals surface area (Å²) in [6, 6.07) is 7.77. The lowest BCUT2D eigenvalue weighted by Gasteiger charge is -2.31. The molecule has 8 heteroatoms. The van der Waals surface area contributed by atoms with Crippen molar-refractivity contribution in [2.24, 2.45) is 0 Å². The fraction of sp³-hybridized carbons (Fsp3) is 0.263. The average Bonchev–Trinajstić information content (AvgIpc) is 2.65. The Morgan fingerprint density at radius 2 is 1.26 bits per heavy atom. The van der Waals surface area contributed by atoms with Gasteiger partial charge in [0.05, 0.1) is 17.0 Å². The highest BCUT2D eigenvalue weighted by Gasteiger charge is 2.37. The lowest BCUT2D eigenvalue weighted by atomic mass is 9.84. The van der Waals surface area contributed by atoms with Gasteiger partial charge in [-0.05, 0) is 17.7 Å². The Morgan fingerprint density at radius 1 is 0.778 bits per heavy atom. The molecular formula is C19H19ClN6O. The minimum atomic E-state index is -0.182. The van der Waals surface area contributed by atoms with Crippen LogP contribution in [0.2, 0.25) is 5.02 Å². The summed E-state index contributed by atoms with van der Waals surface area (Å²) in [7, 11) is 7.80. The van der Waals surface area contributed by atoms with E-state index >= 15 is 0 Å². The van der Waals surface area contributed by atoms with Crippen LogP contribution in [0, 0.1) is 0 Å². The van der Waals surface area contributed by atoms with Crippen molar-refractivity contribution in [2.75, 3.05) is 38.0 Å². The van der Waals surface area contributed by atoms with Gasteiger partial charge in [-0.2, -0.15) is 0 Å². The molecule has 3 aromatic rings. The predicted octanol–water partition coefficient (Wildman–Crippen LogP) is 3.34. The van der Waals surface area contributed by atoms with E-state index in [-0.39, 0.29) is 5.92 Å². The Bertz CT molecular complexity index is 932. The molecule has 1 aromatic carbocycles. The highest BCUT2D eigenvalue weighted by Crippen LogP contribution is 2.50. The monoisotopic (exact) mass is 382 g/mol. The minimum absolute atomic E-state index is 0.182. The molecule has 0 bridgehead atoms. The summed E-state index contributed by atoms with van der Waals surface area (Å²) in [6.07, 6.45) is 3.01. The van der Waals surface area contributed by atoms with Crippen molar-refractivity contribution in [3.05, 3.63) is 58.6 Å². The minimum Gasteiger partial charge on any atom is -0.420 e. The lowest BCUT2D eigenvalue weighted by molar-refractivity contribution is 0.413. The SMILES string of the molecule is CN(C)c1ncnc2c1C(c1ccc(Cl)cc1)c1c(ncnc1N(C)C)O2. The Kier molecular flexibility index (Phi) is 4.31. The zero-order valence-corrected chi connectivity index (χ0v) is 16.3. The average molecular weight is 383 g/mol. The van der Waals surface area contributed by atoms with Crippen LogP contribution in [0.4, 0.5) is 11.6 Å². The second-order valence-electron chi connectivity index (χ2n) is 6.71. The molecule has 0 radical (unpaired) electrons. The molecule has 0 saturated carbocycles. The van der Waals surface area contributed by atoms with E-state index in [4.69, 9.17) is 16.3 Å². The number of hydrogen-bond acceptors (Lipinski definition) is 7. The van der Waals surface area contributed by atoms with Crippen LogP contribution < -0.4 is 14.5 Å². The van der Waals surface area contributed by atoms with Gasteiger partial charge in [-0.3, -0.25) is 0 Å². The van der Waals surface area contributed by atoms with Crippen LogP contribution in [0.15, 0.2) is 36.9 Å². The standard InChI is InChI=1S/C19H19ClN6O/c1-25(2)16-14-13(11-5-7-12(20)8-6-11)15-17(26(3)4)22-10-24-19(15)27-18(14)23-9-21-16/h5-10,13H,1-4H3. The van der Waals surface area contributed by atoms with Crippen molar-refractivity contribution in [1.29, 1.82) is 0 Å². The fourth-order valence-corrected chi connectivity index (χ4v) is 3.47. The largest absolute Gasteiger partial charge is 0.420 e. The van der Waals surface area contributed by atoms with Gasteiger partial charge in [-0.25, -0.2) is 19.9 Å². The molecule has 0 spiro atoms. The summed E-state index contributed by atoms with van der Waals surface area (Å²) in [6.45, 7) is 0. The number of halogens is 1. The van der Waals surface area contributed by atoms with Gasteiger partial charge in [0.15, 0.2) is 0 Å². The normalized spacial score (nSPS) is 12.8. The maximum Gasteiger partial charge on any atom is 0.230 e. The van der Waals surface area contributed by atoms with Gasteiger partial charge in [0.1, 0.15) is 24.3 Å². The van der Waals surface area contributed by atoms with E-state index < -0.39 is 0 Å². The number of nitrogens with zero attached hydrogens (tertiary/aromatic N) is 6. The molecule has 0 fully saturated rings. The van der Waals surface area contributed by atoms with Crippen LogP contribution in [0.1, 0.15) is 22.6 Å². The summed E-state index contributed by atoms with van der Waals surface area (Å²) in [5.74, 6) is 2.41. The van der Waals surface area contributed by atoms with Crippen molar-refractivity contribution >= 4 is 23.2 Å². The number of hydrogen-bond donors (Lipinski definition) is 0. The topological polar surface area (TPSA) is 67.3 Å². The maximum atomic E-state index is 6.12. The van der Waals surface area contributed by atoms with Gasteiger partial charge in [-0.1, -0.05) is 23.7 Å². The number of aromatic nitrogens is 4. The van der Waals surface area contributed by atoms with E-state index in [1.807, 2.05) is 62.3 Å². The van der Waals surface area contributed by atoms with Gasteiger partial charge in [0.25, 0.3) is 0 Å². The molecule has 0 saturated heterocycles. The maximum absolute atomic E-state index is 6.12. The first-order valence-electron chi connectivity index (χ1n) is 8.45. The van der Waals surface area contributed by atoms with E-state index in [0.29, 0.717) is 16.8 Å². The van der Waals surface area contributed by atoms with Gasteiger partial charge in [0.2, 0.25) is 11.8 Å². The highest BCUT2D eigenvalue weighted by molar-refractivity contribution is 6.30. The van der Waals surface area contributed by atoms with Gasteiger partial charge >= 0.3 is 0 Å². The first kappa shape index (κ1) is 17.5. The zero-order valence-electron chi connectivity index (χ0n) is 15.5. The molecule has 0 amide bonds. The molecule has 0 atom stereocenters. The van der Waals surface area contributed by atoms with Crippen LogP contribution in [0.5, 0.6) is 11.8 Å². The van der Waals surface area contributed by atoms with Crippen molar-refractivity contribution in [3.8, 4) is 11.8 Å². The molecule has 1 aliphatic rings. The third-order valence-electron chi connectivity index (χ3n) is 4.47. The smallest absolute Gasteiger partial charge is 0.230 e. The summed E-state index contributed by atoms with van der Waals surface area (Å²) in [5, 5.41) is 0.681. The third-order valence-corrected chi connectivity index (χ3v) is 4.73. The summed E-state index contributed by atoms with van der Waals surface area (Å²) in [4.78, 5) is 21.6. The Labute approximate surface area is 162 Å². The lowest BCUT2D eigenvalue weighted by Crippen LogP contribution is -2.24. The molecule has 2 aromatic heterocycles. The molecule has 27 heavy (non-hydrogen) atoms. The van der Waals surface area contributed by atoms with E-state index in [0.717, 1.165) is 28.3 Å². The Morgan fingerprint density at radius 3 is 1.70 bits per heavy atom. The third kappa shape index (κ3) is 2.94. The quantitative estimate of drug-likeness (QED) is 0.538. The van der Waals surface area contributed by atoms with Crippen molar-refractivity contribution < 1.29 is 4.74 Å². The van der Waals surface area contributed by atoms with Crippen molar-refractivity contribution in [1.82, 2.24) is 19.9 Å². The molecule has 0 unspecified atom stereocenters. The Hall–Kier alpha value is -2.93. The first-order valence-corrected chi connectivity index (χ1v) is 8.83. The fourth-order valence-electron chi connectivity index (χ4n) is 3.35. The van der Waals surface area contributed by atoms with E-state index in [1.54, 1.807) is 0 Å². The van der Waals surface area contributed by atoms with E-state index in [9.17, 15) is 0 Å². The predicted molar refractivity (Wildman–Crippen MR) is 105 cm³/mol. The first-order chi connectivity index (χ1) is 13.0. The van der Waals surface area contributed by atoms with Crippen molar-refractivity contribution in [3.63, 3.8) is 0 Å². The molecule has 3 heterocycles. The van der Waals surface area contributed by atoms with Gasteiger partial charge < -0.3 is 14.5 Å². The second-order valence-corrected chi connectivity index (χ2v) is 7.14. The molecular weight excluding hydrogens is 364 g/mol. The van der Waals surface area contributed by atoms with Crippen LogP contribution in [-0.4, -0.2) is 48.1 Å². The highest BCUT2D eigenvalue weighted by atomic mass is 35.5. The number of ether oxygens (including phenoxy) is 1. The van der Waals surface area contributed by atoms with Crippen molar-refractivity contribution in [2.45, 2.75) is 5.92 Å². The van der Waals surface area contributed by atoms with E-state index in [2.05, 4.69) is 19.9 Å². The summed E-state index contributed by atoms with van der Waals surface area (Å²) >= 11 is 6.12. The van der Waals surface area contributed by atoms with Crippen LogP contribution in [0.3, 0.4) is 0 Å². The molecule has 1 aliphatic heterocycles. The number of fused-ring (bicyclic) bond motifs is 2. The number of anilines is 2. The molecule has 0 aliphatic carbocycles. The van der Waals surface area contributed by atoms with Gasteiger partial charge in [0, 0.05) is 33.2 Å². The summed E-state index contributed by atoms with van der Waals surface area (Å²) in [5.41, 5.74) is 2.81. The zero-order chi connectivity index (χ0) is 19.1. The van der Waals surface area contributed by atoms with Crippen LogP contribution in [0.25, 0.3) is 0 Å². The van der Waals surface area contributed by atoms with Crippen LogP contribution in [-0.2, 0) is 0 Å². The summed E-state index contributed by atoms with van der Waals surface area (Å²) < 4.78 is 6.05. The number of benzene rings is 1. The second kappa shape index (κ2) is 6.66. The number of rotatable bonds is 3. The molecule has 7 nitrogen and oxygen atoms in total. The van der Waals surface area contributed by atoms with E-state index in [1.165, 1.54) is 12.7 Å². The van der Waals surface area contributed by atoms with Crippen LogP contribution >= 0.6 is 11.6 Å².